The first-order valence-corrected chi connectivity index (χ1v) is 7.47. The van der Waals surface area contributed by atoms with Crippen molar-refractivity contribution in [3.8, 4) is 0 Å². The van der Waals surface area contributed by atoms with Gasteiger partial charge in [-0.25, -0.2) is 0 Å². The van der Waals surface area contributed by atoms with E-state index in [0.717, 1.165) is 25.3 Å². The Morgan fingerprint density at radius 3 is 3.10 bits per heavy atom. The zero-order chi connectivity index (χ0) is 14.6. The van der Waals surface area contributed by atoms with Crippen molar-refractivity contribution in [1.82, 2.24) is 24.1 Å². The van der Waals surface area contributed by atoms with Gasteiger partial charge in [0.25, 0.3) is 5.56 Å². The van der Waals surface area contributed by atoms with E-state index in [-0.39, 0.29) is 11.1 Å². The number of hydrogen-bond donors (Lipinski definition) is 1. The van der Waals surface area contributed by atoms with Gasteiger partial charge >= 0.3 is 0 Å². The third-order valence-corrected chi connectivity index (χ3v) is 5.09. The molecule has 2 N–H and O–H groups in total. The smallest absolute Gasteiger partial charge is 0.295 e. The van der Waals surface area contributed by atoms with Gasteiger partial charge in [-0.2, -0.15) is 0 Å². The molecule has 2 aliphatic rings. The van der Waals surface area contributed by atoms with Gasteiger partial charge in [-0.3, -0.25) is 14.1 Å². The summed E-state index contributed by atoms with van der Waals surface area (Å²) in [5, 5.41) is 8.23. The van der Waals surface area contributed by atoms with Crippen molar-refractivity contribution in [2.75, 3.05) is 13.1 Å². The molecule has 2 fully saturated rings. The molecular formula is C14H20N6O. The van der Waals surface area contributed by atoms with Crippen LogP contribution in [0.1, 0.15) is 25.1 Å². The van der Waals surface area contributed by atoms with Gasteiger partial charge in [0.15, 0.2) is 5.82 Å². The average molecular weight is 288 g/mol. The third kappa shape index (κ3) is 1.91. The topological polar surface area (TPSA) is 81.4 Å². The average Bonchev–Trinajstić information content (AvgIpc) is 3.07. The molecule has 1 saturated carbocycles. The molecule has 0 spiro atoms. The van der Waals surface area contributed by atoms with Crippen LogP contribution in [0, 0.1) is 5.92 Å². The number of likely N-dealkylation sites (tertiary alicyclic amines) is 1. The summed E-state index contributed by atoms with van der Waals surface area (Å²) in [5.74, 6) is 1.41. The molecule has 7 heteroatoms. The van der Waals surface area contributed by atoms with Crippen molar-refractivity contribution in [2.24, 2.45) is 18.7 Å². The van der Waals surface area contributed by atoms with Gasteiger partial charge in [0.1, 0.15) is 0 Å². The van der Waals surface area contributed by atoms with Gasteiger partial charge < -0.3 is 10.3 Å². The van der Waals surface area contributed by atoms with Crippen LogP contribution in [0.2, 0.25) is 0 Å². The van der Waals surface area contributed by atoms with E-state index in [2.05, 4.69) is 15.1 Å². The molecule has 112 valence electrons. The standard InChI is InChI=1S/C14H20N6O/c1-18-5-6-20-11(16-17-12(20)13(18)21)8-19-7-10-3-2-4-14(10,15)9-19/h5-6,10H,2-4,7-9,15H2,1H3. The van der Waals surface area contributed by atoms with E-state index in [4.69, 9.17) is 5.73 Å². The summed E-state index contributed by atoms with van der Waals surface area (Å²) in [6, 6.07) is 0. The first-order valence-electron chi connectivity index (χ1n) is 7.47. The second kappa shape index (κ2) is 4.38. The first-order chi connectivity index (χ1) is 10.1. The lowest BCUT2D eigenvalue weighted by Gasteiger charge is -2.22. The van der Waals surface area contributed by atoms with E-state index in [1.807, 2.05) is 6.20 Å². The molecule has 2 aromatic heterocycles. The fraction of sp³-hybridized carbons (Fsp3) is 0.643. The molecule has 1 aliphatic carbocycles. The fourth-order valence-electron chi connectivity index (χ4n) is 3.89. The molecular weight excluding hydrogens is 268 g/mol. The normalized spacial score (nSPS) is 29.3. The highest BCUT2D eigenvalue weighted by Crippen LogP contribution is 2.39. The van der Waals surface area contributed by atoms with Crippen LogP contribution >= 0.6 is 0 Å². The Labute approximate surface area is 122 Å². The molecule has 0 radical (unpaired) electrons. The van der Waals surface area contributed by atoms with Crippen molar-refractivity contribution in [3.63, 3.8) is 0 Å². The second-order valence-electron chi connectivity index (χ2n) is 6.52. The van der Waals surface area contributed by atoms with Crippen molar-refractivity contribution in [1.29, 1.82) is 0 Å². The molecule has 1 aliphatic heterocycles. The highest BCUT2D eigenvalue weighted by Gasteiger charge is 2.46. The van der Waals surface area contributed by atoms with Gasteiger partial charge in [-0.1, -0.05) is 6.42 Å². The summed E-state index contributed by atoms with van der Waals surface area (Å²) in [6.07, 6.45) is 7.19. The van der Waals surface area contributed by atoms with Crippen LogP contribution in [0.25, 0.3) is 5.65 Å². The monoisotopic (exact) mass is 288 g/mol. The van der Waals surface area contributed by atoms with Gasteiger partial charge in [0, 0.05) is 38.1 Å². The molecule has 2 aromatic rings. The van der Waals surface area contributed by atoms with E-state index in [1.54, 1.807) is 17.6 Å². The molecule has 1 saturated heterocycles. The van der Waals surface area contributed by atoms with Gasteiger partial charge in [0.2, 0.25) is 5.65 Å². The van der Waals surface area contributed by atoms with Crippen LogP contribution in [-0.4, -0.2) is 42.7 Å². The highest BCUT2D eigenvalue weighted by atomic mass is 16.1. The lowest BCUT2D eigenvalue weighted by molar-refractivity contribution is 0.287. The zero-order valence-corrected chi connectivity index (χ0v) is 12.2. The number of fused-ring (bicyclic) bond motifs is 2. The minimum atomic E-state index is -0.121. The van der Waals surface area contributed by atoms with Crippen molar-refractivity contribution < 1.29 is 0 Å². The highest BCUT2D eigenvalue weighted by molar-refractivity contribution is 5.34. The van der Waals surface area contributed by atoms with Gasteiger partial charge in [-0.15, -0.1) is 10.2 Å². The molecule has 7 nitrogen and oxygen atoms in total. The number of aromatic nitrogens is 4. The maximum absolute atomic E-state index is 12.0. The molecule has 0 aromatic carbocycles. The Balaban J connectivity index is 1.61. The Morgan fingerprint density at radius 1 is 1.43 bits per heavy atom. The van der Waals surface area contributed by atoms with Crippen LogP contribution in [0.3, 0.4) is 0 Å². The van der Waals surface area contributed by atoms with E-state index in [1.165, 1.54) is 17.4 Å². The van der Waals surface area contributed by atoms with E-state index >= 15 is 0 Å². The van der Waals surface area contributed by atoms with Gasteiger partial charge in [-0.05, 0) is 18.8 Å². The minimum absolute atomic E-state index is 0.0172. The lowest BCUT2D eigenvalue weighted by atomic mass is 9.92. The summed E-state index contributed by atoms with van der Waals surface area (Å²) in [4.78, 5) is 14.3. The Kier molecular flexibility index (Phi) is 2.71. The first kappa shape index (κ1) is 13.0. The van der Waals surface area contributed by atoms with Crippen LogP contribution < -0.4 is 11.3 Å². The van der Waals surface area contributed by atoms with Crippen molar-refractivity contribution >= 4 is 5.65 Å². The lowest BCUT2D eigenvalue weighted by Crippen LogP contribution is -2.44. The summed E-state index contributed by atoms with van der Waals surface area (Å²) < 4.78 is 3.31. The molecule has 0 bridgehead atoms. The van der Waals surface area contributed by atoms with Crippen LogP contribution in [0.5, 0.6) is 0 Å². The number of rotatable bonds is 2. The Morgan fingerprint density at radius 2 is 2.29 bits per heavy atom. The summed E-state index contributed by atoms with van der Waals surface area (Å²) in [7, 11) is 1.72. The molecule has 2 unspecified atom stereocenters. The van der Waals surface area contributed by atoms with Crippen LogP contribution in [0.4, 0.5) is 0 Å². The molecule has 2 atom stereocenters. The summed E-state index contributed by atoms with van der Waals surface area (Å²) >= 11 is 0. The third-order valence-electron chi connectivity index (χ3n) is 5.09. The Hall–Kier alpha value is -1.73. The van der Waals surface area contributed by atoms with Gasteiger partial charge in [0.05, 0.1) is 6.54 Å². The number of hydrogen-bond acceptors (Lipinski definition) is 5. The van der Waals surface area contributed by atoms with Crippen LogP contribution in [-0.2, 0) is 13.6 Å². The maximum atomic E-state index is 12.0. The maximum Gasteiger partial charge on any atom is 0.295 e. The summed E-state index contributed by atoms with van der Waals surface area (Å²) in [6.45, 7) is 2.64. The van der Waals surface area contributed by atoms with Crippen molar-refractivity contribution in [2.45, 2.75) is 31.3 Å². The van der Waals surface area contributed by atoms with Crippen LogP contribution in [0.15, 0.2) is 17.2 Å². The SMILES string of the molecule is Cn1ccn2c(CN3CC4CCCC4(N)C3)nnc2c1=O. The minimum Gasteiger partial charge on any atom is -0.324 e. The summed E-state index contributed by atoms with van der Waals surface area (Å²) in [5.41, 5.74) is 6.75. The number of nitrogens with two attached hydrogens (primary N) is 1. The largest absolute Gasteiger partial charge is 0.324 e. The fourth-order valence-corrected chi connectivity index (χ4v) is 3.89. The Bertz CT molecular complexity index is 749. The molecule has 3 heterocycles. The molecule has 0 amide bonds. The number of nitrogens with zero attached hydrogens (tertiary/aromatic N) is 5. The molecule has 21 heavy (non-hydrogen) atoms. The van der Waals surface area contributed by atoms with E-state index in [9.17, 15) is 4.79 Å². The zero-order valence-electron chi connectivity index (χ0n) is 12.2. The predicted molar refractivity (Wildman–Crippen MR) is 77.8 cm³/mol. The number of aryl methyl sites for hydroxylation is 1. The predicted octanol–water partition coefficient (Wildman–Crippen LogP) is -0.259. The second-order valence-corrected chi connectivity index (χ2v) is 6.52. The van der Waals surface area contributed by atoms with E-state index in [0.29, 0.717) is 18.1 Å². The van der Waals surface area contributed by atoms with E-state index < -0.39 is 0 Å². The molecule has 4 rings (SSSR count). The quantitative estimate of drug-likeness (QED) is 0.823. The van der Waals surface area contributed by atoms with Crippen molar-refractivity contribution in [3.05, 3.63) is 28.6 Å².